The van der Waals surface area contributed by atoms with E-state index in [1.165, 1.54) is 12.8 Å². The Labute approximate surface area is 123 Å². The first-order valence-corrected chi connectivity index (χ1v) is 7.19. The molecule has 18 heavy (non-hydrogen) atoms. The molecule has 0 atom stereocenters. The number of hydrogen-bond acceptors (Lipinski definition) is 4. The highest BCUT2D eigenvalue weighted by Gasteiger charge is 2.21. The quantitative estimate of drug-likeness (QED) is 0.834. The minimum Gasteiger partial charge on any atom is -0.419 e. The van der Waals surface area contributed by atoms with Gasteiger partial charge in [0.05, 0.1) is 11.6 Å². The van der Waals surface area contributed by atoms with E-state index in [0.29, 0.717) is 29.4 Å². The second-order valence-corrected chi connectivity index (χ2v) is 5.85. The average molecular weight is 376 g/mol. The van der Waals surface area contributed by atoms with E-state index in [2.05, 4.69) is 38.1 Å². The minimum absolute atomic E-state index is 0.515. The molecule has 1 aliphatic rings. The van der Waals surface area contributed by atoms with Gasteiger partial charge < -0.3 is 9.73 Å². The summed E-state index contributed by atoms with van der Waals surface area (Å²) in [6, 6.07) is 6.34. The topological polar surface area (TPSA) is 51.0 Å². The second-order valence-electron chi connectivity index (χ2n) is 4.29. The van der Waals surface area contributed by atoms with Crippen LogP contribution in [-0.2, 0) is 6.54 Å². The van der Waals surface area contributed by atoms with E-state index >= 15 is 0 Å². The van der Waals surface area contributed by atoms with Gasteiger partial charge in [0.25, 0.3) is 0 Å². The maximum Gasteiger partial charge on any atom is 0.247 e. The van der Waals surface area contributed by atoms with Gasteiger partial charge in [0.15, 0.2) is 0 Å². The fraction of sp³-hybridized carbons (Fsp3) is 0.333. The molecular formula is C12H11ClIN3O. The molecule has 6 heteroatoms. The van der Waals surface area contributed by atoms with Crippen molar-refractivity contribution in [3.8, 4) is 11.5 Å². The van der Waals surface area contributed by atoms with Gasteiger partial charge in [-0.3, -0.25) is 0 Å². The van der Waals surface area contributed by atoms with Gasteiger partial charge in [-0.15, -0.1) is 10.2 Å². The maximum absolute atomic E-state index is 6.07. The van der Waals surface area contributed by atoms with Crippen LogP contribution in [-0.4, -0.2) is 16.2 Å². The van der Waals surface area contributed by atoms with Crippen molar-refractivity contribution < 1.29 is 4.42 Å². The summed E-state index contributed by atoms with van der Waals surface area (Å²) in [5.41, 5.74) is 0.852. The minimum atomic E-state index is 0.515. The lowest BCUT2D eigenvalue weighted by Gasteiger charge is -1.98. The molecule has 0 aliphatic heterocycles. The third kappa shape index (κ3) is 2.84. The van der Waals surface area contributed by atoms with Crippen LogP contribution in [0, 0.1) is 3.57 Å². The van der Waals surface area contributed by atoms with Crippen LogP contribution in [0.25, 0.3) is 11.5 Å². The van der Waals surface area contributed by atoms with Gasteiger partial charge in [0, 0.05) is 15.2 Å². The van der Waals surface area contributed by atoms with Crippen LogP contribution in [0.15, 0.2) is 22.6 Å². The number of aromatic nitrogens is 2. The van der Waals surface area contributed by atoms with Gasteiger partial charge in [0.2, 0.25) is 11.8 Å². The van der Waals surface area contributed by atoms with Gasteiger partial charge in [-0.1, -0.05) is 11.6 Å². The third-order valence-corrected chi connectivity index (χ3v) is 4.32. The standard InChI is InChI=1S/C12H11ClIN3O/c13-9-5-7(1-4-10(9)14)12-17-16-11(18-12)6-15-8-2-3-8/h1,4-5,8,15H,2-3,6H2. The molecule has 94 valence electrons. The first kappa shape index (κ1) is 12.4. The second kappa shape index (κ2) is 5.14. The van der Waals surface area contributed by atoms with Crippen molar-refractivity contribution in [3.63, 3.8) is 0 Å². The molecule has 1 heterocycles. The normalized spacial score (nSPS) is 15.0. The summed E-state index contributed by atoms with van der Waals surface area (Å²) in [6.07, 6.45) is 2.49. The van der Waals surface area contributed by atoms with Crippen LogP contribution < -0.4 is 5.32 Å². The molecule has 0 amide bonds. The summed E-state index contributed by atoms with van der Waals surface area (Å²) in [6.45, 7) is 0.635. The van der Waals surface area contributed by atoms with Crippen LogP contribution in [0.3, 0.4) is 0 Å². The Morgan fingerprint density at radius 3 is 2.94 bits per heavy atom. The molecule has 0 spiro atoms. The Hall–Kier alpha value is -0.660. The van der Waals surface area contributed by atoms with Gasteiger partial charge in [-0.25, -0.2) is 0 Å². The Kier molecular flexibility index (Phi) is 3.54. The molecule has 2 aromatic rings. The largest absolute Gasteiger partial charge is 0.419 e. The molecule has 1 N–H and O–H groups in total. The fourth-order valence-electron chi connectivity index (χ4n) is 1.59. The summed E-state index contributed by atoms with van der Waals surface area (Å²) in [4.78, 5) is 0. The summed E-state index contributed by atoms with van der Waals surface area (Å²) >= 11 is 8.26. The number of nitrogens with one attached hydrogen (secondary N) is 1. The Balaban J connectivity index is 1.76. The zero-order valence-electron chi connectivity index (χ0n) is 9.49. The SMILES string of the molecule is Clc1cc(-c2nnc(CNC3CC3)o2)ccc1I. The van der Waals surface area contributed by atoms with Crippen molar-refractivity contribution in [2.24, 2.45) is 0 Å². The molecule has 0 radical (unpaired) electrons. The average Bonchev–Trinajstić information content (AvgIpc) is 3.08. The summed E-state index contributed by atoms with van der Waals surface area (Å²) in [5, 5.41) is 12.1. The van der Waals surface area contributed by atoms with E-state index in [1.807, 2.05) is 18.2 Å². The van der Waals surface area contributed by atoms with Crippen LogP contribution in [0.4, 0.5) is 0 Å². The number of hydrogen-bond donors (Lipinski definition) is 1. The van der Waals surface area contributed by atoms with E-state index in [9.17, 15) is 0 Å². The predicted octanol–water partition coefficient (Wildman–Crippen LogP) is 3.25. The van der Waals surface area contributed by atoms with Gasteiger partial charge in [-0.2, -0.15) is 0 Å². The smallest absolute Gasteiger partial charge is 0.247 e. The maximum atomic E-state index is 6.07. The molecule has 1 fully saturated rings. The number of halogens is 2. The van der Waals surface area contributed by atoms with E-state index < -0.39 is 0 Å². The van der Waals surface area contributed by atoms with Crippen molar-refractivity contribution in [2.45, 2.75) is 25.4 Å². The highest BCUT2D eigenvalue weighted by atomic mass is 127. The molecule has 0 unspecified atom stereocenters. The van der Waals surface area contributed by atoms with E-state index in [1.54, 1.807) is 0 Å². The number of benzene rings is 1. The Morgan fingerprint density at radius 2 is 2.22 bits per heavy atom. The van der Waals surface area contributed by atoms with Crippen LogP contribution in [0.2, 0.25) is 5.02 Å². The zero-order chi connectivity index (χ0) is 12.5. The molecule has 0 bridgehead atoms. The van der Waals surface area contributed by atoms with Gasteiger partial charge in [-0.05, 0) is 53.6 Å². The lowest BCUT2D eigenvalue weighted by molar-refractivity contribution is 0.476. The molecular weight excluding hydrogens is 365 g/mol. The predicted molar refractivity (Wildman–Crippen MR) is 77.3 cm³/mol. The monoisotopic (exact) mass is 375 g/mol. The lowest BCUT2D eigenvalue weighted by Crippen LogP contribution is -2.15. The first-order valence-electron chi connectivity index (χ1n) is 5.73. The van der Waals surface area contributed by atoms with Crippen molar-refractivity contribution >= 4 is 34.2 Å². The highest BCUT2D eigenvalue weighted by Crippen LogP contribution is 2.26. The third-order valence-electron chi connectivity index (χ3n) is 2.75. The van der Waals surface area contributed by atoms with E-state index in [0.717, 1.165) is 9.13 Å². The molecule has 1 aromatic heterocycles. The van der Waals surface area contributed by atoms with E-state index in [-0.39, 0.29) is 0 Å². The van der Waals surface area contributed by atoms with Crippen molar-refractivity contribution in [3.05, 3.63) is 32.7 Å². The molecule has 1 aliphatic carbocycles. The van der Waals surface area contributed by atoms with E-state index in [4.69, 9.17) is 16.0 Å². The zero-order valence-corrected chi connectivity index (χ0v) is 12.4. The van der Waals surface area contributed by atoms with Crippen LogP contribution in [0.1, 0.15) is 18.7 Å². The lowest BCUT2D eigenvalue weighted by atomic mass is 10.2. The summed E-state index contributed by atoms with van der Waals surface area (Å²) in [5.74, 6) is 1.13. The molecule has 3 rings (SSSR count). The fourth-order valence-corrected chi connectivity index (χ4v) is 2.11. The Morgan fingerprint density at radius 1 is 1.39 bits per heavy atom. The summed E-state index contributed by atoms with van der Waals surface area (Å²) in [7, 11) is 0. The molecule has 4 nitrogen and oxygen atoms in total. The van der Waals surface area contributed by atoms with Gasteiger partial charge >= 0.3 is 0 Å². The van der Waals surface area contributed by atoms with Crippen LogP contribution in [0.5, 0.6) is 0 Å². The van der Waals surface area contributed by atoms with Gasteiger partial charge in [0.1, 0.15) is 0 Å². The first-order chi connectivity index (χ1) is 8.72. The summed E-state index contributed by atoms with van der Waals surface area (Å²) < 4.78 is 6.60. The van der Waals surface area contributed by atoms with Crippen molar-refractivity contribution in [1.29, 1.82) is 0 Å². The number of nitrogens with zero attached hydrogens (tertiary/aromatic N) is 2. The molecule has 1 saturated carbocycles. The highest BCUT2D eigenvalue weighted by molar-refractivity contribution is 14.1. The van der Waals surface area contributed by atoms with Crippen molar-refractivity contribution in [1.82, 2.24) is 15.5 Å². The van der Waals surface area contributed by atoms with Crippen LogP contribution >= 0.6 is 34.2 Å². The van der Waals surface area contributed by atoms with Crippen molar-refractivity contribution in [2.75, 3.05) is 0 Å². The molecule has 1 aromatic carbocycles. The molecule has 0 saturated heterocycles. The number of rotatable bonds is 4. The Bertz CT molecular complexity index is 568.